The van der Waals surface area contributed by atoms with Gasteiger partial charge in [0.2, 0.25) is 0 Å². The molecule has 13 rings (SSSR count). The van der Waals surface area contributed by atoms with Crippen molar-refractivity contribution in [1.82, 2.24) is 19.5 Å². The maximum Gasteiger partial charge on any atom is 0.494 e. The van der Waals surface area contributed by atoms with E-state index in [9.17, 15) is 0 Å². The molecule has 0 unspecified atom stereocenters. The molecule has 1 spiro atoms. The lowest BCUT2D eigenvalue weighted by molar-refractivity contribution is 0.00578. The minimum absolute atomic E-state index is 0.469. The second-order valence-electron chi connectivity index (χ2n) is 18.6. The van der Waals surface area contributed by atoms with E-state index in [4.69, 9.17) is 24.3 Å². The average molecular weight is 839 g/mol. The van der Waals surface area contributed by atoms with E-state index < -0.39 is 23.7 Å². The summed E-state index contributed by atoms with van der Waals surface area (Å²) in [6.07, 6.45) is 0. The van der Waals surface area contributed by atoms with Crippen LogP contribution in [-0.2, 0) is 14.7 Å². The van der Waals surface area contributed by atoms with Crippen molar-refractivity contribution in [2.24, 2.45) is 0 Å². The van der Waals surface area contributed by atoms with Crippen LogP contribution in [0, 0.1) is 0 Å². The van der Waals surface area contributed by atoms with Crippen LogP contribution in [0.4, 0.5) is 0 Å². The van der Waals surface area contributed by atoms with Crippen LogP contribution in [0.1, 0.15) is 49.9 Å². The van der Waals surface area contributed by atoms with Gasteiger partial charge in [-0.2, -0.15) is 0 Å². The van der Waals surface area contributed by atoms with Gasteiger partial charge in [-0.15, -0.1) is 0 Å². The minimum Gasteiger partial charge on any atom is -0.399 e. The molecule has 0 radical (unpaired) electrons. The number of hydrogen-bond acceptors (Lipinski definition) is 5. The predicted molar refractivity (Wildman–Crippen MR) is 262 cm³/mol. The molecule has 8 aromatic carbocycles. The summed E-state index contributed by atoms with van der Waals surface area (Å²) in [6, 6.07) is 67.4. The molecule has 1 saturated heterocycles. The largest absolute Gasteiger partial charge is 0.494 e. The van der Waals surface area contributed by atoms with Gasteiger partial charge in [0.15, 0.2) is 17.5 Å². The fraction of sp³-hybridized carbons (Fsp3) is 0.121. The molecule has 2 aliphatic carbocycles. The minimum atomic E-state index is -0.502. The quantitative estimate of drug-likeness (QED) is 0.162. The summed E-state index contributed by atoms with van der Waals surface area (Å²) in [5.74, 6) is 1.87. The fourth-order valence-corrected chi connectivity index (χ4v) is 10.8. The van der Waals surface area contributed by atoms with Crippen molar-refractivity contribution >= 4 is 34.4 Å². The molecule has 3 aliphatic rings. The molecule has 1 aliphatic heterocycles. The van der Waals surface area contributed by atoms with Gasteiger partial charge in [0, 0.05) is 38.7 Å². The molecule has 0 saturated carbocycles. The van der Waals surface area contributed by atoms with Gasteiger partial charge in [-0.05, 0) is 90.3 Å². The molecule has 310 valence electrons. The lowest BCUT2D eigenvalue weighted by Crippen LogP contribution is -2.41. The molecule has 0 N–H and O–H groups in total. The zero-order valence-corrected chi connectivity index (χ0v) is 36.6. The number of benzene rings is 8. The van der Waals surface area contributed by atoms with Crippen LogP contribution in [0.5, 0.6) is 0 Å². The van der Waals surface area contributed by atoms with Crippen molar-refractivity contribution in [1.29, 1.82) is 0 Å². The van der Waals surface area contributed by atoms with Crippen molar-refractivity contribution in [2.45, 2.75) is 44.3 Å². The summed E-state index contributed by atoms with van der Waals surface area (Å²) in [5, 5.41) is 2.29. The Labute approximate surface area is 378 Å². The fourth-order valence-electron chi connectivity index (χ4n) is 10.8. The van der Waals surface area contributed by atoms with Crippen LogP contribution >= 0.6 is 0 Å². The van der Waals surface area contributed by atoms with Crippen molar-refractivity contribution in [3.63, 3.8) is 0 Å². The Morgan fingerprint density at radius 1 is 0.431 bits per heavy atom. The van der Waals surface area contributed by atoms with Gasteiger partial charge >= 0.3 is 7.12 Å². The van der Waals surface area contributed by atoms with Crippen molar-refractivity contribution in [2.75, 3.05) is 0 Å². The van der Waals surface area contributed by atoms with Crippen LogP contribution in [-0.4, -0.2) is 37.8 Å². The zero-order chi connectivity index (χ0) is 43.7. The van der Waals surface area contributed by atoms with Gasteiger partial charge in [-0.3, -0.25) is 0 Å². The van der Waals surface area contributed by atoms with E-state index in [2.05, 4.69) is 160 Å². The van der Waals surface area contributed by atoms with Crippen LogP contribution in [0.15, 0.2) is 188 Å². The first kappa shape index (κ1) is 38.1. The third-order valence-electron chi connectivity index (χ3n) is 14.5. The van der Waals surface area contributed by atoms with Gasteiger partial charge in [-0.1, -0.05) is 170 Å². The Morgan fingerprint density at radius 3 is 1.54 bits per heavy atom. The molecule has 10 aromatic rings. The standard InChI is InChI=1S/C58H43BN4O2/c1-56(2)57(3,4)65-59(64-56)39-30-33-50-45(35-39)43-31-32-49-51(44-26-13-16-29-48(44)58(49)46-27-14-11-24-41(46)42-25-12-15-28-47(42)58)52(43)63(50)40-23-17-22-38(34-40)55-61-53(36-18-7-5-8-19-36)60-54(62-55)37-20-9-6-10-21-37/h5-35H,1-4H3. The van der Waals surface area contributed by atoms with E-state index >= 15 is 0 Å². The Kier molecular flexibility index (Phi) is 8.07. The van der Waals surface area contributed by atoms with Gasteiger partial charge in [-0.25, -0.2) is 15.0 Å². The first-order chi connectivity index (χ1) is 31.7. The van der Waals surface area contributed by atoms with Gasteiger partial charge in [0.05, 0.1) is 27.7 Å². The smallest absolute Gasteiger partial charge is 0.399 e. The Bertz CT molecular complexity index is 3460. The molecule has 0 atom stereocenters. The number of aromatic nitrogens is 4. The maximum atomic E-state index is 6.65. The SMILES string of the molecule is CC1(C)OB(c2ccc3c(c2)c2ccc4c(c2n3-c2cccc(-c3nc(-c5ccccc5)nc(-c5ccccc5)n3)c2)-c2ccccc2C42c3ccccc3-c3ccccc32)OC1(C)C. The topological polar surface area (TPSA) is 62.1 Å². The summed E-state index contributed by atoms with van der Waals surface area (Å²) in [4.78, 5) is 15.3. The van der Waals surface area contributed by atoms with Gasteiger partial charge < -0.3 is 13.9 Å². The van der Waals surface area contributed by atoms with Crippen molar-refractivity contribution in [3.05, 3.63) is 210 Å². The highest BCUT2D eigenvalue weighted by molar-refractivity contribution is 6.62. The average Bonchev–Trinajstić information content (AvgIpc) is 4.02. The van der Waals surface area contributed by atoms with E-state index in [-0.39, 0.29) is 0 Å². The van der Waals surface area contributed by atoms with Gasteiger partial charge in [0.25, 0.3) is 0 Å². The van der Waals surface area contributed by atoms with E-state index in [0.717, 1.165) is 49.6 Å². The molecule has 0 bridgehead atoms. The monoisotopic (exact) mass is 838 g/mol. The Balaban J connectivity index is 1.09. The molecule has 6 nitrogen and oxygen atoms in total. The highest BCUT2D eigenvalue weighted by Gasteiger charge is 2.53. The van der Waals surface area contributed by atoms with Crippen LogP contribution in [0.3, 0.4) is 0 Å². The number of hydrogen-bond donors (Lipinski definition) is 0. The summed E-state index contributed by atoms with van der Waals surface area (Å²) < 4.78 is 15.8. The summed E-state index contributed by atoms with van der Waals surface area (Å²) >= 11 is 0. The predicted octanol–water partition coefficient (Wildman–Crippen LogP) is 12.6. The molecule has 2 aromatic heterocycles. The third-order valence-corrected chi connectivity index (χ3v) is 14.5. The molecule has 7 heteroatoms. The molecule has 0 amide bonds. The summed E-state index contributed by atoms with van der Waals surface area (Å²) in [5.41, 5.74) is 15.8. The Morgan fingerprint density at radius 2 is 0.938 bits per heavy atom. The first-order valence-corrected chi connectivity index (χ1v) is 22.5. The van der Waals surface area contributed by atoms with Crippen LogP contribution < -0.4 is 5.46 Å². The summed E-state index contributed by atoms with van der Waals surface area (Å²) in [6.45, 7) is 8.44. The molecule has 3 heterocycles. The highest BCUT2D eigenvalue weighted by Crippen LogP contribution is 2.64. The number of nitrogens with zero attached hydrogens (tertiary/aromatic N) is 4. The van der Waals surface area contributed by atoms with Crippen molar-refractivity contribution < 1.29 is 9.31 Å². The summed E-state index contributed by atoms with van der Waals surface area (Å²) in [7, 11) is -0.502. The lowest BCUT2D eigenvalue weighted by atomic mass is 9.70. The van der Waals surface area contributed by atoms with Gasteiger partial charge in [0.1, 0.15) is 0 Å². The highest BCUT2D eigenvalue weighted by atomic mass is 16.7. The van der Waals surface area contributed by atoms with Crippen LogP contribution in [0.25, 0.3) is 83.9 Å². The van der Waals surface area contributed by atoms with E-state index in [1.165, 1.54) is 44.5 Å². The molecular weight excluding hydrogens is 795 g/mol. The van der Waals surface area contributed by atoms with E-state index in [0.29, 0.717) is 17.5 Å². The molecular formula is C58H43BN4O2. The second-order valence-corrected chi connectivity index (χ2v) is 18.6. The normalized spacial score (nSPS) is 15.9. The maximum absolute atomic E-state index is 6.65. The third kappa shape index (κ3) is 5.40. The number of rotatable bonds is 5. The van der Waals surface area contributed by atoms with E-state index in [1.807, 2.05) is 60.7 Å². The molecule has 65 heavy (non-hydrogen) atoms. The first-order valence-electron chi connectivity index (χ1n) is 22.5. The van der Waals surface area contributed by atoms with Crippen molar-refractivity contribution in [3.8, 4) is 62.1 Å². The van der Waals surface area contributed by atoms with E-state index in [1.54, 1.807) is 0 Å². The van der Waals surface area contributed by atoms with Crippen LogP contribution in [0.2, 0.25) is 0 Å². The second kappa shape index (κ2) is 13.8. The Hall–Kier alpha value is -7.45. The molecule has 1 fully saturated rings. The lowest BCUT2D eigenvalue weighted by Gasteiger charge is -2.32. The zero-order valence-electron chi connectivity index (χ0n) is 36.6. The number of fused-ring (bicyclic) bond motifs is 14.